The molecule has 0 aliphatic rings. The second kappa shape index (κ2) is 6.84. The summed E-state index contributed by atoms with van der Waals surface area (Å²) in [6, 6.07) is 5.16. The Kier molecular flexibility index (Phi) is 5.12. The number of aryl methyl sites for hydroxylation is 2. The first-order chi connectivity index (χ1) is 9.71. The van der Waals surface area contributed by atoms with E-state index in [0.29, 0.717) is 11.4 Å². The Balaban J connectivity index is 2.23. The van der Waals surface area contributed by atoms with Crippen molar-refractivity contribution in [3.05, 3.63) is 29.8 Å². The lowest BCUT2D eigenvalue weighted by atomic mass is 9.96. The van der Waals surface area contributed by atoms with Crippen LogP contribution in [-0.4, -0.2) is 16.1 Å². The maximum Gasteiger partial charge on any atom is 0.151 e. The average molecular weight is 277 g/mol. The summed E-state index contributed by atoms with van der Waals surface area (Å²) in [6.07, 6.45) is 4.15. The number of hydrogen-bond donors (Lipinski definition) is 1. The van der Waals surface area contributed by atoms with Gasteiger partial charge in [0.05, 0.1) is 5.52 Å². The third-order valence-corrected chi connectivity index (χ3v) is 4.05. The van der Waals surface area contributed by atoms with Crippen molar-refractivity contribution in [2.45, 2.75) is 46.1 Å². The second-order valence-corrected chi connectivity index (χ2v) is 5.27. The van der Waals surface area contributed by atoms with E-state index in [2.05, 4.69) is 23.4 Å². The maximum atomic E-state index is 13.8. The third kappa shape index (κ3) is 3.01. The number of nitrogens with two attached hydrogens (primary N) is 1. The molecule has 0 saturated carbocycles. The molecule has 1 aromatic heterocycles. The number of halogens is 1. The Morgan fingerprint density at radius 1 is 1.30 bits per heavy atom. The minimum absolute atomic E-state index is 0.232. The number of hydrogen-bond acceptors (Lipinski definition) is 2. The van der Waals surface area contributed by atoms with Crippen molar-refractivity contribution < 1.29 is 4.39 Å². The van der Waals surface area contributed by atoms with Crippen molar-refractivity contribution in [2.24, 2.45) is 11.7 Å². The van der Waals surface area contributed by atoms with Gasteiger partial charge in [-0.1, -0.05) is 19.4 Å². The van der Waals surface area contributed by atoms with Crippen molar-refractivity contribution >= 4 is 11.0 Å². The Morgan fingerprint density at radius 2 is 2.10 bits per heavy atom. The molecule has 2 N–H and O–H groups in total. The van der Waals surface area contributed by atoms with Gasteiger partial charge in [-0.15, -0.1) is 0 Å². The molecule has 1 atom stereocenters. The zero-order valence-corrected chi connectivity index (χ0v) is 12.4. The van der Waals surface area contributed by atoms with Crippen LogP contribution in [0.15, 0.2) is 18.2 Å². The zero-order chi connectivity index (χ0) is 14.5. The van der Waals surface area contributed by atoms with Gasteiger partial charge in [-0.05, 0) is 44.4 Å². The van der Waals surface area contributed by atoms with Gasteiger partial charge in [0.15, 0.2) is 5.82 Å². The maximum absolute atomic E-state index is 13.8. The van der Waals surface area contributed by atoms with Crippen LogP contribution >= 0.6 is 0 Å². The summed E-state index contributed by atoms with van der Waals surface area (Å²) in [7, 11) is 0. The molecule has 1 aromatic carbocycles. The molecule has 0 bridgehead atoms. The molecule has 0 fully saturated rings. The average Bonchev–Trinajstić information content (AvgIpc) is 2.82. The molecule has 3 nitrogen and oxygen atoms in total. The zero-order valence-electron chi connectivity index (χ0n) is 12.4. The van der Waals surface area contributed by atoms with Gasteiger partial charge in [-0.25, -0.2) is 9.37 Å². The SMILES string of the molecule is CCC(CCN)CCc1nc2c(F)cccc2n1CC. The smallest absolute Gasteiger partial charge is 0.151 e. The first-order valence-electron chi connectivity index (χ1n) is 7.54. The minimum atomic E-state index is -0.232. The predicted octanol–water partition coefficient (Wildman–Crippen LogP) is 3.50. The minimum Gasteiger partial charge on any atom is -0.330 e. The van der Waals surface area contributed by atoms with Crippen LogP contribution in [0.1, 0.15) is 38.9 Å². The molecule has 20 heavy (non-hydrogen) atoms. The van der Waals surface area contributed by atoms with E-state index in [9.17, 15) is 4.39 Å². The topological polar surface area (TPSA) is 43.8 Å². The Bertz CT molecular complexity index is 562. The molecule has 1 unspecified atom stereocenters. The number of nitrogens with zero attached hydrogens (tertiary/aromatic N) is 2. The van der Waals surface area contributed by atoms with Gasteiger partial charge in [0.2, 0.25) is 0 Å². The van der Waals surface area contributed by atoms with Crippen LogP contribution in [0.3, 0.4) is 0 Å². The van der Waals surface area contributed by atoms with E-state index < -0.39 is 0 Å². The monoisotopic (exact) mass is 277 g/mol. The van der Waals surface area contributed by atoms with Crippen LogP contribution < -0.4 is 5.73 Å². The summed E-state index contributed by atoms with van der Waals surface area (Å²) >= 11 is 0. The summed E-state index contributed by atoms with van der Waals surface area (Å²) in [4.78, 5) is 4.51. The van der Waals surface area contributed by atoms with Crippen LogP contribution in [0.25, 0.3) is 11.0 Å². The van der Waals surface area contributed by atoms with E-state index in [0.717, 1.165) is 50.1 Å². The Morgan fingerprint density at radius 3 is 2.75 bits per heavy atom. The van der Waals surface area contributed by atoms with Gasteiger partial charge in [0.25, 0.3) is 0 Å². The molecule has 0 radical (unpaired) electrons. The molecule has 110 valence electrons. The van der Waals surface area contributed by atoms with Crippen LogP contribution in [0.4, 0.5) is 4.39 Å². The standard InChI is InChI=1S/C16H24FN3/c1-3-12(10-11-18)8-9-15-19-16-13(17)6-5-7-14(16)20(15)4-2/h5-7,12H,3-4,8-11,18H2,1-2H3. The van der Waals surface area contributed by atoms with Crippen molar-refractivity contribution in [1.82, 2.24) is 9.55 Å². The van der Waals surface area contributed by atoms with Crippen molar-refractivity contribution in [3.63, 3.8) is 0 Å². The largest absolute Gasteiger partial charge is 0.330 e. The van der Waals surface area contributed by atoms with E-state index in [1.807, 2.05) is 6.07 Å². The quantitative estimate of drug-likeness (QED) is 0.841. The van der Waals surface area contributed by atoms with Crippen LogP contribution in [0.5, 0.6) is 0 Å². The van der Waals surface area contributed by atoms with Gasteiger partial charge >= 0.3 is 0 Å². The lowest BCUT2D eigenvalue weighted by Crippen LogP contribution is -2.10. The number of aromatic nitrogens is 2. The van der Waals surface area contributed by atoms with Crippen LogP contribution in [0.2, 0.25) is 0 Å². The molecule has 2 aromatic rings. The van der Waals surface area contributed by atoms with E-state index in [-0.39, 0.29) is 5.82 Å². The van der Waals surface area contributed by atoms with Gasteiger partial charge in [0, 0.05) is 13.0 Å². The highest BCUT2D eigenvalue weighted by Gasteiger charge is 2.14. The van der Waals surface area contributed by atoms with Crippen molar-refractivity contribution in [2.75, 3.05) is 6.54 Å². The summed E-state index contributed by atoms with van der Waals surface area (Å²) in [5, 5.41) is 0. The highest BCUT2D eigenvalue weighted by molar-refractivity contribution is 5.76. The van der Waals surface area contributed by atoms with Crippen molar-refractivity contribution in [1.29, 1.82) is 0 Å². The van der Waals surface area contributed by atoms with Gasteiger partial charge in [-0.3, -0.25) is 0 Å². The molecular weight excluding hydrogens is 253 g/mol. The molecule has 0 aliphatic heterocycles. The summed E-state index contributed by atoms with van der Waals surface area (Å²) in [5.74, 6) is 1.39. The number of fused-ring (bicyclic) bond motifs is 1. The predicted molar refractivity (Wildman–Crippen MR) is 81.1 cm³/mol. The first-order valence-corrected chi connectivity index (χ1v) is 7.54. The molecule has 1 heterocycles. The molecule has 0 saturated heterocycles. The highest BCUT2D eigenvalue weighted by Crippen LogP contribution is 2.22. The van der Waals surface area contributed by atoms with E-state index in [1.165, 1.54) is 6.07 Å². The van der Waals surface area contributed by atoms with E-state index in [1.54, 1.807) is 6.07 Å². The van der Waals surface area contributed by atoms with Gasteiger partial charge in [-0.2, -0.15) is 0 Å². The molecule has 2 rings (SSSR count). The van der Waals surface area contributed by atoms with E-state index >= 15 is 0 Å². The normalized spacial score (nSPS) is 13.0. The molecule has 0 amide bonds. The Hall–Kier alpha value is -1.42. The van der Waals surface area contributed by atoms with Crippen LogP contribution in [-0.2, 0) is 13.0 Å². The molecule has 0 spiro atoms. The van der Waals surface area contributed by atoms with Crippen molar-refractivity contribution in [3.8, 4) is 0 Å². The lowest BCUT2D eigenvalue weighted by molar-refractivity contribution is 0.435. The third-order valence-electron chi connectivity index (χ3n) is 4.05. The molecule has 0 aliphatic carbocycles. The summed E-state index contributed by atoms with van der Waals surface area (Å²) in [5.41, 5.74) is 7.03. The van der Waals surface area contributed by atoms with E-state index in [4.69, 9.17) is 5.73 Å². The molecular formula is C16H24FN3. The summed E-state index contributed by atoms with van der Waals surface area (Å²) < 4.78 is 15.9. The molecule has 4 heteroatoms. The lowest BCUT2D eigenvalue weighted by Gasteiger charge is -2.13. The number of benzene rings is 1. The van der Waals surface area contributed by atoms with Gasteiger partial charge in [0.1, 0.15) is 11.3 Å². The van der Waals surface area contributed by atoms with Crippen LogP contribution in [0, 0.1) is 11.7 Å². The fraction of sp³-hybridized carbons (Fsp3) is 0.562. The fourth-order valence-corrected chi connectivity index (χ4v) is 2.83. The summed E-state index contributed by atoms with van der Waals surface area (Å²) in [6.45, 7) is 5.83. The highest BCUT2D eigenvalue weighted by atomic mass is 19.1. The number of rotatable bonds is 7. The first kappa shape index (κ1) is 15.0. The number of imidazole rings is 1. The van der Waals surface area contributed by atoms with Gasteiger partial charge < -0.3 is 10.3 Å². The Labute approximate surface area is 120 Å². The number of para-hydroxylation sites is 1. The fourth-order valence-electron chi connectivity index (χ4n) is 2.83. The second-order valence-electron chi connectivity index (χ2n) is 5.27.